The zero-order valence-electron chi connectivity index (χ0n) is 15.0. The van der Waals surface area contributed by atoms with E-state index in [0.29, 0.717) is 4.90 Å². The molecule has 1 aliphatic heterocycles. The van der Waals surface area contributed by atoms with Crippen molar-refractivity contribution in [2.45, 2.75) is 67.4 Å². The molecule has 0 N–H and O–H groups in total. The molecule has 0 bridgehead atoms. The Morgan fingerprint density at radius 3 is 2.40 bits per heavy atom. The molecule has 4 heteroatoms. The van der Waals surface area contributed by atoms with Crippen LogP contribution >= 0.6 is 0 Å². The zero-order chi connectivity index (χ0) is 17.3. The van der Waals surface area contributed by atoms with Gasteiger partial charge in [0.25, 0.3) is 0 Å². The monoisotopic (exact) mass is 359 g/mol. The van der Waals surface area contributed by atoms with E-state index >= 15 is 0 Å². The van der Waals surface area contributed by atoms with Crippen LogP contribution in [0, 0.1) is 0 Å². The Labute approximate surface area is 152 Å². The molecular formula is C21H29NO2S. The van der Waals surface area contributed by atoms with Gasteiger partial charge in [0.05, 0.1) is 9.64 Å². The Morgan fingerprint density at radius 1 is 0.960 bits per heavy atom. The minimum Gasteiger partial charge on any atom is -0.299 e. The lowest BCUT2D eigenvalue weighted by molar-refractivity contribution is 0.268. The highest BCUT2D eigenvalue weighted by Gasteiger charge is 2.54. The number of benzene rings is 1. The number of rotatable bonds is 6. The third-order valence-corrected chi connectivity index (χ3v) is 9.03. The van der Waals surface area contributed by atoms with Gasteiger partial charge < -0.3 is 0 Å². The van der Waals surface area contributed by atoms with E-state index in [1.165, 1.54) is 32.1 Å². The molecule has 0 unspecified atom stereocenters. The SMILES string of the molecule is O=S(=O)(c1ccccc1)C1(CCCN2CCC3=C(CCCC3)C2)CC1. The van der Waals surface area contributed by atoms with Gasteiger partial charge in [-0.25, -0.2) is 8.42 Å². The van der Waals surface area contributed by atoms with Crippen LogP contribution in [0.2, 0.25) is 0 Å². The zero-order valence-corrected chi connectivity index (χ0v) is 15.9. The van der Waals surface area contributed by atoms with Crippen LogP contribution in [0.4, 0.5) is 0 Å². The minimum atomic E-state index is -3.18. The summed E-state index contributed by atoms with van der Waals surface area (Å²) in [6, 6.07) is 9.02. The molecule has 1 fully saturated rings. The van der Waals surface area contributed by atoms with E-state index in [0.717, 1.165) is 45.3 Å². The largest absolute Gasteiger partial charge is 0.299 e. The van der Waals surface area contributed by atoms with Crippen LogP contribution in [0.1, 0.15) is 57.8 Å². The summed E-state index contributed by atoms with van der Waals surface area (Å²) < 4.78 is 25.5. The molecule has 0 saturated heterocycles. The molecule has 3 nitrogen and oxygen atoms in total. The first-order chi connectivity index (χ1) is 12.1. The number of nitrogens with zero attached hydrogens (tertiary/aromatic N) is 1. The van der Waals surface area contributed by atoms with E-state index in [2.05, 4.69) is 4.90 Å². The van der Waals surface area contributed by atoms with Crippen molar-refractivity contribution in [1.82, 2.24) is 4.90 Å². The third-order valence-electron chi connectivity index (χ3n) is 6.39. The second-order valence-electron chi connectivity index (χ2n) is 8.04. The average Bonchev–Trinajstić information content (AvgIpc) is 3.44. The van der Waals surface area contributed by atoms with E-state index in [-0.39, 0.29) is 0 Å². The van der Waals surface area contributed by atoms with E-state index < -0.39 is 14.6 Å². The van der Waals surface area contributed by atoms with Crippen molar-refractivity contribution in [2.24, 2.45) is 0 Å². The van der Waals surface area contributed by atoms with Crippen molar-refractivity contribution >= 4 is 9.84 Å². The molecule has 3 aliphatic rings. The van der Waals surface area contributed by atoms with Crippen LogP contribution in [0.25, 0.3) is 0 Å². The van der Waals surface area contributed by atoms with Gasteiger partial charge in [0.15, 0.2) is 9.84 Å². The van der Waals surface area contributed by atoms with Crippen molar-refractivity contribution in [3.63, 3.8) is 0 Å². The summed E-state index contributed by atoms with van der Waals surface area (Å²) in [4.78, 5) is 3.05. The van der Waals surface area contributed by atoms with Crippen molar-refractivity contribution in [2.75, 3.05) is 19.6 Å². The molecule has 25 heavy (non-hydrogen) atoms. The van der Waals surface area contributed by atoms with Gasteiger partial charge in [0.1, 0.15) is 0 Å². The molecule has 0 radical (unpaired) electrons. The Morgan fingerprint density at radius 2 is 1.68 bits per heavy atom. The van der Waals surface area contributed by atoms with Gasteiger partial charge in [-0.15, -0.1) is 0 Å². The van der Waals surface area contributed by atoms with Crippen molar-refractivity contribution in [1.29, 1.82) is 0 Å². The topological polar surface area (TPSA) is 37.4 Å². The van der Waals surface area contributed by atoms with E-state index in [1.807, 2.05) is 18.2 Å². The number of hydrogen-bond acceptors (Lipinski definition) is 3. The number of sulfone groups is 1. The standard InChI is InChI=1S/C21H29NO2S/c23-25(24,20-9-2-1-3-10-20)21(13-14-21)12-6-15-22-16-11-18-7-4-5-8-19(18)17-22/h1-3,9-10H,4-8,11-17H2. The molecular weight excluding hydrogens is 330 g/mol. The van der Waals surface area contributed by atoms with Gasteiger partial charge in [-0.05, 0) is 76.5 Å². The van der Waals surface area contributed by atoms with Gasteiger partial charge >= 0.3 is 0 Å². The van der Waals surface area contributed by atoms with Crippen molar-refractivity contribution < 1.29 is 8.42 Å². The lowest BCUT2D eigenvalue weighted by Crippen LogP contribution is -2.34. The lowest BCUT2D eigenvalue weighted by atomic mass is 9.87. The van der Waals surface area contributed by atoms with Crippen LogP contribution in [-0.2, 0) is 9.84 Å². The van der Waals surface area contributed by atoms with Crippen LogP contribution in [-0.4, -0.2) is 37.7 Å². The molecule has 0 aromatic heterocycles. The summed E-state index contributed by atoms with van der Waals surface area (Å²) in [6.07, 6.45) is 10.0. The molecule has 1 saturated carbocycles. The van der Waals surface area contributed by atoms with Crippen LogP contribution in [0.15, 0.2) is 46.4 Å². The van der Waals surface area contributed by atoms with Gasteiger partial charge in [0, 0.05) is 13.1 Å². The highest BCUT2D eigenvalue weighted by molar-refractivity contribution is 7.93. The molecule has 4 rings (SSSR count). The summed E-state index contributed by atoms with van der Waals surface area (Å²) in [7, 11) is -3.18. The van der Waals surface area contributed by atoms with Gasteiger partial charge in [-0.3, -0.25) is 4.90 Å². The van der Waals surface area contributed by atoms with Gasteiger partial charge in [0.2, 0.25) is 0 Å². The predicted octanol–water partition coefficient (Wildman–Crippen LogP) is 4.35. The smallest absolute Gasteiger partial charge is 0.184 e. The molecule has 0 amide bonds. The quantitative estimate of drug-likeness (QED) is 0.709. The molecule has 136 valence electrons. The van der Waals surface area contributed by atoms with Crippen molar-refractivity contribution in [3.8, 4) is 0 Å². The second kappa shape index (κ2) is 6.88. The molecule has 1 heterocycles. The first kappa shape index (κ1) is 17.3. The highest BCUT2D eigenvalue weighted by atomic mass is 32.2. The fourth-order valence-electron chi connectivity index (χ4n) is 4.62. The fraction of sp³-hybridized carbons (Fsp3) is 0.619. The first-order valence-corrected chi connectivity index (χ1v) is 11.3. The average molecular weight is 360 g/mol. The maximum Gasteiger partial charge on any atom is 0.184 e. The maximum absolute atomic E-state index is 13.0. The van der Waals surface area contributed by atoms with Crippen molar-refractivity contribution in [3.05, 3.63) is 41.5 Å². The molecule has 0 spiro atoms. The molecule has 1 aromatic rings. The summed E-state index contributed by atoms with van der Waals surface area (Å²) in [5, 5.41) is 0. The highest BCUT2D eigenvalue weighted by Crippen LogP contribution is 2.50. The van der Waals surface area contributed by atoms with E-state index in [4.69, 9.17) is 0 Å². The van der Waals surface area contributed by atoms with E-state index in [1.54, 1.807) is 23.3 Å². The van der Waals surface area contributed by atoms with E-state index in [9.17, 15) is 8.42 Å². The molecule has 2 aliphatic carbocycles. The summed E-state index contributed by atoms with van der Waals surface area (Å²) >= 11 is 0. The number of hydrogen-bond donors (Lipinski definition) is 0. The molecule has 1 aromatic carbocycles. The Bertz CT molecular complexity index is 747. The third kappa shape index (κ3) is 3.43. The fourth-order valence-corrected chi connectivity index (χ4v) is 6.69. The maximum atomic E-state index is 13.0. The summed E-state index contributed by atoms with van der Waals surface area (Å²) in [5.74, 6) is 0. The lowest BCUT2D eigenvalue weighted by Gasteiger charge is -2.33. The van der Waals surface area contributed by atoms with Gasteiger partial charge in [-0.1, -0.05) is 29.3 Å². The summed E-state index contributed by atoms with van der Waals surface area (Å²) in [5.41, 5.74) is 3.42. The van der Waals surface area contributed by atoms with Crippen LogP contribution < -0.4 is 0 Å². The Kier molecular flexibility index (Phi) is 4.76. The molecule has 0 atom stereocenters. The predicted molar refractivity (Wildman–Crippen MR) is 101 cm³/mol. The normalized spacial score (nSPS) is 23.4. The Balaban J connectivity index is 1.34. The van der Waals surface area contributed by atoms with Gasteiger partial charge in [-0.2, -0.15) is 0 Å². The Hall–Kier alpha value is -1.13. The van der Waals surface area contributed by atoms with Crippen LogP contribution in [0.5, 0.6) is 0 Å². The van der Waals surface area contributed by atoms with Crippen LogP contribution in [0.3, 0.4) is 0 Å². The second-order valence-corrected chi connectivity index (χ2v) is 10.4. The minimum absolute atomic E-state index is 0.473. The first-order valence-electron chi connectivity index (χ1n) is 9.83. The summed E-state index contributed by atoms with van der Waals surface area (Å²) in [6.45, 7) is 3.34.